The largest absolute Gasteiger partial charge is 0.331 e. The van der Waals surface area contributed by atoms with Crippen LogP contribution in [0.1, 0.15) is 18.1 Å². The Morgan fingerprint density at radius 2 is 1.77 bits per heavy atom. The minimum atomic E-state index is -0.454. The molecule has 0 aliphatic carbocycles. The van der Waals surface area contributed by atoms with Crippen molar-refractivity contribution in [3.05, 3.63) is 69.8 Å². The number of piperazine rings is 1. The van der Waals surface area contributed by atoms with Crippen LogP contribution in [0, 0.1) is 10.1 Å². The smallest absolute Gasteiger partial charge is 0.279 e. The highest BCUT2D eigenvalue weighted by Gasteiger charge is 2.25. The van der Waals surface area contributed by atoms with Gasteiger partial charge in [0.2, 0.25) is 5.91 Å². The fourth-order valence-electron chi connectivity index (χ4n) is 3.64. The molecule has 158 valence electrons. The number of para-hydroxylation sites is 1. The molecular formula is C22H27N4O4+. The highest BCUT2D eigenvalue weighted by Crippen LogP contribution is 2.15. The number of hydrogen-bond acceptors (Lipinski definition) is 4. The highest BCUT2D eigenvalue weighted by molar-refractivity contribution is 5.92. The summed E-state index contributed by atoms with van der Waals surface area (Å²) < 4.78 is 0. The van der Waals surface area contributed by atoms with Crippen molar-refractivity contribution in [2.24, 2.45) is 0 Å². The van der Waals surface area contributed by atoms with Crippen LogP contribution in [0.15, 0.2) is 48.5 Å². The summed E-state index contributed by atoms with van der Waals surface area (Å²) in [5, 5.41) is 13.7. The van der Waals surface area contributed by atoms with Crippen molar-refractivity contribution < 1.29 is 19.4 Å². The molecule has 0 bridgehead atoms. The summed E-state index contributed by atoms with van der Waals surface area (Å²) in [5.74, 6) is -0.0132. The first-order chi connectivity index (χ1) is 14.5. The fraction of sp³-hybridized carbons (Fsp3) is 0.364. The number of quaternary nitrogens is 1. The van der Waals surface area contributed by atoms with E-state index in [1.807, 2.05) is 24.3 Å². The summed E-state index contributed by atoms with van der Waals surface area (Å²) in [6.07, 6.45) is 1.08. The lowest BCUT2D eigenvalue weighted by Gasteiger charge is -2.32. The van der Waals surface area contributed by atoms with E-state index in [9.17, 15) is 19.7 Å². The summed E-state index contributed by atoms with van der Waals surface area (Å²) in [6.45, 7) is 5.06. The number of hydrogen-bond donors (Lipinski definition) is 2. The molecule has 2 aromatic carbocycles. The van der Waals surface area contributed by atoms with E-state index in [4.69, 9.17) is 0 Å². The normalized spacial score (nSPS) is 14.4. The summed E-state index contributed by atoms with van der Waals surface area (Å²) in [7, 11) is 0. The zero-order chi connectivity index (χ0) is 21.5. The van der Waals surface area contributed by atoms with Crippen LogP contribution in [0.3, 0.4) is 0 Å². The van der Waals surface area contributed by atoms with Crippen molar-refractivity contribution in [2.45, 2.75) is 19.8 Å². The third kappa shape index (κ3) is 5.64. The Bertz CT molecular complexity index is 906. The third-order valence-corrected chi connectivity index (χ3v) is 5.41. The SMILES string of the molecule is CCc1ccccc1NC(=O)C[NH+]1CCN(C(=O)Cc2ccc([N+](=O)[O-])cc2)CC1. The van der Waals surface area contributed by atoms with Crippen LogP contribution in [0.4, 0.5) is 11.4 Å². The maximum atomic E-state index is 12.5. The first-order valence-corrected chi connectivity index (χ1v) is 10.2. The number of non-ortho nitro benzene ring substituents is 1. The fourth-order valence-corrected chi connectivity index (χ4v) is 3.64. The van der Waals surface area contributed by atoms with E-state index in [1.54, 1.807) is 17.0 Å². The van der Waals surface area contributed by atoms with Gasteiger partial charge in [0, 0.05) is 17.8 Å². The zero-order valence-corrected chi connectivity index (χ0v) is 17.1. The van der Waals surface area contributed by atoms with E-state index in [2.05, 4.69) is 12.2 Å². The molecule has 8 heteroatoms. The van der Waals surface area contributed by atoms with Crippen molar-refractivity contribution in [3.63, 3.8) is 0 Å². The minimum absolute atomic E-state index is 0.00391. The van der Waals surface area contributed by atoms with Crippen molar-refractivity contribution in [2.75, 3.05) is 38.0 Å². The Hall–Kier alpha value is -3.26. The molecule has 0 saturated carbocycles. The molecule has 2 N–H and O–H groups in total. The van der Waals surface area contributed by atoms with Gasteiger partial charge in [0.05, 0.1) is 37.5 Å². The third-order valence-electron chi connectivity index (χ3n) is 5.41. The second kappa shape index (κ2) is 9.98. The molecule has 1 saturated heterocycles. The molecule has 0 spiro atoms. The van der Waals surface area contributed by atoms with Gasteiger partial charge in [0.25, 0.3) is 11.6 Å². The number of nitrogens with one attached hydrogen (secondary N) is 2. The van der Waals surface area contributed by atoms with Crippen molar-refractivity contribution in [1.29, 1.82) is 0 Å². The standard InChI is InChI=1S/C22H26N4O4/c1-2-18-5-3-4-6-20(18)23-21(27)16-24-11-13-25(14-12-24)22(28)15-17-7-9-19(10-8-17)26(29)30/h3-10H,2,11-16H2,1H3,(H,23,27)/p+1. The van der Waals surface area contributed by atoms with Crippen LogP contribution >= 0.6 is 0 Å². The molecule has 0 radical (unpaired) electrons. The molecule has 8 nitrogen and oxygen atoms in total. The second-order valence-electron chi connectivity index (χ2n) is 7.47. The van der Waals surface area contributed by atoms with Crippen LogP contribution < -0.4 is 10.2 Å². The summed E-state index contributed by atoms with van der Waals surface area (Å²) in [5.41, 5.74) is 2.75. The van der Waals surface area contributed by atoms with Crippen LogP contribution in [0.2, 0.25) is 0 Å². The molecular weight excluding hydrogens is 384 g/mol. The topological polar surface area (TPSA) is 97.0 Å². The molecule has 1 aliphatic heterocycles. The van der Waals surface area contributed by atoms with E-state index in [0.717, 1.165) is 41.2 Å². The number of aryl methyl sites for hydroxylation is 1. The molecule has 3 rings (SSSR count). The van der Waals surface area contributed by atoms with E-state index in [-0.39, 0.29) is 23.9 Å². The Balaban J connectivity index is 1.45. The molecule has 2 amide bonds. The molecule has 2 aromatic rings. The average molecular weight is 411 g/mol. The average Bonchev–Trinajstić information content (AvgIpc) is 2.75. The van der Waals surface area contributed by atoms with E-state index >= 15 is 0 Å². The van der Waals surface area contributed by atoms with Gasteiger partial charge in [-0.2, -0.15) is 0 Å². The Morgan fingerprint density at radius 1 is 1.10 bits per heavy atom. The van der Waals surface area contributed by atoms with Gasteiger partial charge in [-0.1, -0.05) is 37.3 Å². The van der Waals surface area contributed by atoms with Crippen molar-refractivity contribution in [3.8, 4) is 0 Å². The Morgan fingerprint density at radius 3 is 2.40 bits per heavy atom. The molecule has 1 heterocycles. The maximum Gasteiger partial charge on any atom is 0.279 e. The lowest BCUT2D eigenvalue weighted by molar-refractivity contribution is -0.895. The van der Waals surface area contributed by atoms with Gasteiger partial charge >= 0.3 is 0 Å². The van der Waals surface area contributed by atoms with Crippen LogP contribution in [-0.2, 0) is 22.4 Å². The number of nitro benzene ring substituents is 1. The van der Waals surface area contributed by atoms with Gasteiger partial charge in [-0.25, -0.2) is 0 Å². The Labute approximate surface area is 175 Å². The lowest BCUT2D eigenvalue weighted by Crippen LogP contribution is -3.15. The van der Waals surface area contributed by atoms with Gasteiger partial charge in [-0.15, -0.1) is 0 Å². The predicted octanol–water partition coefficient (Wildman–Crippen LogP) is 1.07. The molecule has 1 aliphatic rings. The molecule has 0 atom stereocenters. The zero-order valence-electron chi connectivity index (χ0n) is 17.1. The molecule has 30 heavy (non-hydrogen) atoms. The monoisotopic (exact) mass is 411 g/mol. The van der Waals surface area contributed by atoms with Crippen LogP contribution in [0.5, 0.6) is 0 Å². The second-order valence-corrected chi connectivity index (χ2v) is 7.47. The first-order valence-electron chi connectivity index (χ1n) is 10.2. The maximum absolute atomic E-state index is 12.5. The number of nitrogens with zero attached hydrogens (tertiary/aromatic N) is 2. The van der Waals surface area contributed by atoms with Crippen molar-refractivity contribution in [1.82, 2.24) is 4.90 Å². The number of carbonyl (C=O) groups excluding carboxylic acids is 2. The van der Waals surface area contributed by atoms with Crippen LogP contribution in [0.25, 0.3) is 0 Å². The highest BCUT2D eigenvalue weighted by atomic mass is 16.6. The van der Waals surface area contributed by atoms with E-state index in [0.29, 0.717) is 19.6 Å². The lowest BCUT2D eigenvalue weighted by atomic mass is 10.1. The number of nitro groups is 1. The number of benzene rings is 2. The molecule has 1 fully saturated rings. The summed E-state index contributed by atoms with van der Waals surface area (Å²) in [4.78, 5) is 38.2. The van der Waals surface area contributed by atoms with E-state index in [1.165, 1.54) is 12.1 Å². The molecule has 0 aromatic heterocycles. The van der Waals surface area contributed by atoms with Gasteiger partial charge in [-0.3, -0.25) is 19.7 Å². The van der Waals surface area contributed by atoms with Gasteiger partial charge in [-0.05, 0) is 23.6 Å². The number of rotatable bonds is 7. The molecule has 0 unspecified atom stereocenters. The number of amides is 2. The van der Waals surface area contributed by atoms with E-state index < -0.39 is 4.92 Å². The summed E-state index contributed by atoms with van der Waals surface area (Å²) >= 11 is 0. The Kier molecular flexibility index (Phi) is 7.13. The first kappa shape index (κ1) is 21.4. The quantitative estimate of drug-likeness (QED) is 0.526. The minimum Gasteiger partial charge on any atom is -0.331 e. The number of carbonyl (C=O) groups is 2. The van der Waals surface area contributed by atoms with Gasteiger partial charge in [0.15, 0.2) is 6.54 Å². The predicted molar refractivity (Wildman–Crippen MR) is 113 cm³/mol. The van der Waals surface area contributed by atoms with Gasteiger partial charge < -0.3 is 15.1 Å². The number of anilines is 1. The summed E-state index contributed by atoms with van der Waals surface area (Å²) in [6, 6.07) is 13.9. The van der Waals surface area contributed by atoms with Crippen molar-refractivity contribution >= 4 is 23.2 Å². The van der Waals surface area contributed by atoms with Crippen LogP contribution in [-0.4, -0.2) is 54.4 Å². The van der Waals surface area contributed by atoms with Gasteiger partial charge in [0.1, 0.15) is 0 Å².